The lowest BCUT2D eigenvalue weighted by Crippen LogP contribution is -2.38. The van der Waals surface area contributed by atoms with E-state index in [1.165, 1.54) is 10.8 Å². The molecule has 0 spiro atoms. The standard InChI is InChI=1S/C23H29N5O/c1-24-23(27-17-20-10-6-13-25-22(20)28(2)3)26-14-7-15-29-21-12-11-18-8-4-5-9-19(18)16-21/h4-6,8-13,16H,7,14-15,17H2,1-3H3,(H2,24,26,27). The molecular formula is C23H29N5O. The molecule has 0 unspecified atom stereocenters. The molecule has 0 atom stereocenters. The number of anilines is 1. The molecule has 0 saturated heterocycles. The molecule has 0 aliphatic rings. The molecule has 152 valence electrons. The summed E-state index contributed by atoms with van der Waals surface area (Å²) in [7, 11) is 5.76. The van der Waals surface area contributed by atoms with E-state index in [1.807, 2.05) is 43.3 Å². The van der Waals surface area contributed by atoms with Crippen molar-refractivity contribution >= 4 is 22.5 Å². The Morgan fingerprint density at radius 1 is 1.03 bits per heavy atom. The molecule has 2 aromatic carbocycles. The topological polar surface area (TPSA) is 61.8 Å². The van der Waals surface area contributed by atoms with Gasteiger partial charge in [0, 0.05) is 46.0 Å². The molecule has 3 rings (SSSR count). The van der Waals surface area contributed by atoms with E-state index in [-0.39, 0.29) is 0 Å². The Balaban J connectivity index is 1.41. The Hall–Kier alpha value is -3.28. The van der Waals surface area contributed by atoms with Crippen LogP contribution in [0, 0.1) is 0 Å². The van der Waals surface area contributed by atoms with Crippen molar-refractivity contribution in [2.75, 3.05) is 39.2 Å². The fourth-order valence-electron chi connectivity index (χ4n) is 3.10. The second kappa shape index (κ2) is 10.3. The molecule has 2 N–H and O–H groups in total. The number of pyridine rings is 1. The minimum absolute atomic E-state index is 0.649. The van der Waals surface area contributed by atoms with Crippen LogP contribution in [-0.4, -0.2) is 45.2 Å². The maximum atomic E-state index is 5.89. The van der Waals surface area contributed by atoms with Crippen LogP contribution in [0.4, 0.5) is 5.82 Å². The van der Waals surface area contributed by atoms with Gasteiger partial charge in [-0.25, -0.2) is 4.98 Å². The second-order valence-corrected chi connectivity index (χ2v) is 6.94. The first-order chi connectivity index (χ1) is 14.2. The Labute approximate surface area is 172 Å². The van der Waals surface area contributed by atoms with Crippen LogP contribution in [0.25, 0.3) is 10.8 Å². The second-order valence-electron chi connectivity index (χ2n) is 6.94. The van der Waals surface area contributed by atoms with Crippen LogP contribution in [0.2, 0.25) is 0 Å². The number of guanidine groups is 1. The predicted molar refractivity (Wildman–Crippen MR) is 121 cm³/mol. The zero-order chi connectivity index (χ0) is 20.5. The molecule has 1 aromatic heterocycles. The van der Waals surface area contributed by atoms with Crippen LogP contribution < -0.4 is 20.3 Å². The van der Waals surface area contributed by atoms with E-state index in [4.69, 9.17) is 4.74 Å². The third-order valence-electron chi connectivity index (χ3n) is 4.56. The Bertz CT molecular complexity index is 955. The average molecular weight is 392 g/mol. The van der Waals surface area contributed by atoms with Gasteiger partial charge in [-0.3, -0.25) is 4.99 Å². The molecule has 0 saturated carbocycles. The van der Waals surface area contributed by atoms with E-state index in [9.17, 15) is 0 Å². The summed E-state index contributed by atoms with van der Waals surface area (Å²) >= 11 is 0. The van der Waals surface area contributed by atoms with E-state index in [0.29, 0.717) is 13.2 Å². The van der Waals surface area contributed by atoms with Gasteiger partial charge in [-0.15, -0.1) is 0 Å². The highest BCUT2D eigenvalue weighted by Crippen LogP contribution is 2.20. The smallest absolute Gasteiger partial charge is 0.191 e. The first-order valence-electron chi connectivity index (χ1n) is 9.84. The largest absolute Gasteiger partial charge is 0.494 e. The van der Waals surface area contributed by atoms with E-state index in [0.717, 1.165) is 36.1 Å². The third kappa shape index (κ3) is 5.85. The van der Waals surface area contributed by atoms with Crippen molar-refractivity contribution < 1.29 is 4.74 Å². The third-order valence-corrected chi connectivity index (χ3v) is 4.56. The number of nitrogens with zero attached hydrogens (tertiary/aromatic N) is 3. The minimum Gasteiger partial charge on any atom is -0.494 e. The number of rotatable bonds is 8. The molecule has 3 aromatic rings. The number of nitrogens with one attached hydrogen (secondary N) is 2. The SMILES string of the molecule is CN=C(NCCCOc1ccc2ccccc2c1)NCc1cccnc1N(C)C. The van der Waals surface area contributed by atoms with Crippen molar-refractivity contribution in [1.29, 1.82) is 0 Å². The summed E-state index contributed by atoms with van der Waals surface area (Å²) in [6, 6.07) is 18.5. The van der Waals surface area contributed by atoms with Gasteiger partial charge in [0.15, 0.2) is 5.96 Å². The van der Waals surface area contributed by atoms with Gasteiger partial charge < -0.3 is 20.3 Å². The van der Waals surface area contributed by atoms with Crippen LogP contribution in [0.15, 0.2) is 65.8 Å². The number of benzene rings is 2. The molecule has 0 amide bonds. The number of hydrogen-bond acceptors (Lipinski definition) is 4. The van der Waals surface area contributed by atoms with Crippen LogP contribution in [0.5, 0.6) is 5.75 Å². The molecule has 6 nitrogen and oxygen atoms in total. The zero-order valence-corrected chi connectivity index (χ0v) is 17.4. The Morgan fingerprint density at radius 3 is 2.66 bits per heavy atom. The van der Waals surface area contributed by atoms with Crippen molar-refractivity contribution in [3.63, 3.8) is 0 Å². The minimum atomic E-state index is 0.649. The van der Waals surface area contributed by atoms with Gasteiger partial charge in [0.25, 0.3) is 0 Å². The molecule has 0 bridgehead atoms. The molecule has 1 heterocycles. The number of aliphatic imine (C=N–C) groups is 1. The lowest BCUT2D eigenvalue weighted by molar-refractivity contribution is 0.311. The molecule has 6 heteroatoms. The number of fused-ring (bicyclic) bond motifs is 1. The number of aromatic nitrogens is 1. The summed E-state index contributed by atoms with van der Waals surface area (Å²) in [5, 5.41) is 9.09. The van der Waals surface area contributed by atoms with Crippen molar-refractivity contribution in [2.45, 2.75) is 13.0 Å². The van der Waals surface area contributed by atoms with E-state index >= 15 is 0 Å². The van der Waals surface area contributed by atoms with Gasteiger partial charge in [-0.05, 0) is 35.4 Å². The highest BCUT2D eigenvalue weighted by Gasteiger charge is 2.06. The average Bonchev–Trinajstić information content (AvgIpc) is 2.75. The van der Waals surface area contributed by atoms with Crippen molar-refractivity contribution in [2.24, 2.45) is 4.99 Å². The maximum absolute atomic E-state index is 5.89. The zero-order valence-electron chi connectivity index (χ0n) is 17.4. The van der Waals surface area contributed by atoms with Gasteiger partial charge in [0.1, 0.15) is 11.6 Å². The van der Waals surface area contributed by atoms with Crippen molar-refractivity contribution in [3.8, 4) is 5.75 Å². The fourth-order valence-corrected chi connectivity index (χ4v) is 3.10. The van der Waals surface area contributed by atoms with Crippen LogP contribution in [0.1, 0.15) is 12.0 Å². The highest BCUT2D eigenvalue weighted by atomic mass is 16.5. The van der Waals surface area contributed by atoms with Gasteiger partial charge in [-0.1, -0.05) is 36.4 Å². The summed E-state index contributed by atoms with van der Waals surface area (Å²) in [6.07, 6.45) is 2.69. The predicted octanol–water partition coefficient (Wildman–Crippen LogP) is 3.43. The summed E-state index contributed by atoms with van der Waals surface area (Å²) < 4.78 is 5.89. The first-order valence-corrected chi connectivity index (χ1v) is 9.84. The number of hydrogen-bond donors (Lipinski definition) is 2. The van der Waals surface area contributed by atoms with Crippen LogP contribution in [-0.2, 0) is 6.54 Å². The van der Waals surface area contributed by atoms with Gasteiger partial charge in [-0.2, -0.15) is 0 Å². The van der Waals surface area contributed by atoms with Crippen molar-refractivity contribution in [3.05, 3.63) is 66.4 Å². The van der Waals surface area contributed by atoms with Gasteiger partial charge in [0.05, 0.1) is 6.61 Å². The summed E-state index contributed by atoms with van der Waals surface area (Å²) in [5.41, 5.74) is 1.13. The van der Waals surface area contributed by atoms with E-state index in [2.05, 4.69) is 50.9 Å². The fraction of sp³-hybridized carbons (Fsp3) is 0.304. The molecule has 0 aliphatic heterocycles. The molecule has 0 aliphatic carbocycles. The number of ether oxygens (including phenoxy) is 1. The van der Waals surface area contributed by atoms with E-state index < -0.39 is 0 Å². The first kappa shape index (κ1) is 20.5. The summed E-state index contributed by atoms with van der Waals surface area (Å²) in [6.45, 7) is 2.09. The van der Waals surface area contributed by atoms with Gasteiger partial charge in [0.2, 0.25) is 0 Å². The lowest BCUT2D eigenvalue weighted by atomic mass is 10.1. The molecule has 0 fully saturated rings. The normalized spacial score (nSPS) is 11.3. The van der Waals surface area contributed by atoms with Crippen molar-refractivity contribution in [1.82, 2.24) is 15.6 Å². The van der Waals surface area contributed by atoms with Crippen LogP contribution in [0.3, 0.4) is 0 Å². The Morgan fingerprint density at radius 2 is 1.86 bits per heavy atom. The summed E-state index contributed by atoms with van der Waals surface area (Å²) in [5.74, 6) is 2.63. The monoisotopic (exact) mass is 391 g/mol. The lowest BCUT2D eigenvalue weighted by Gasteiger charge is -2.17. The Kier molecular flexibility index (Phi) is 7.28. The highest BCUT2D eigenvalue weighted by molar-refractivity contribution is 5.83. The maximum Gasteiger partial charge on any atom is 0.191 e. The quantitative estimate of drug-likeness (QED) is 0.350. The van der Waals surface area contributed by atoms with Gasteiger partial charge >= 0.3 is 0 Å². The molecule has 29 heavy (non-hydrogen) atoms. The molecule has 0 radical (unpaired) electrons. The summed E-state index contributed by atoms with van der Waals surface area (Å²) in [4.78, 5) is 10.7. The van der Waals surface area contributed by atoms with E-state index in [1.54, 1.807) is 13.2 Å². The van der Waals surface area contributed by atoms with Crippen LogP contribution >= 0.6 is 0 Å². The molecular weight excluding hydrogens is 362 g/mol.